The van der Waals surface area contributed by atoms with Crippen LogP contribution in [0.3, 0.4) is 0 Å². The fourth-order valence-corrected chi connectivity index (χ4v) is 0.663. The van der Waals surface area contributed by atoms with Gasteiger partial charge < -0.3 is 0 Å². The van der Waals surface area contributed by atoms with Crippen molar-refractivity contribution in [3.8, 4) is 0 Å². The minimum absolute atomic E-state index is 1.37. The van der Waals surface area contributed by atoms with Gasteiger partial charge in [-0.3, -0.25) is 4.57 Å². The Bertz CT molecular complexity index is 177. The second-order valence-electron chi connectivity index (χ2n) is 2.08. The van der Waals surface area contributed by atoms with Gasteiger partial charge in [-0.25, -0.2) is 0 Å². The molecule has 0 aliphatic heterocycles. The first-order valence-corrected chi connectivity index (χ1v) is 3.44. The normalized spacial score (nSPS) is 7.80. The molecule has 0 saturated carbocycles. The Hall–Kier alpha value is -0.680. The van der Waals surface area contributed by atoms with Gasteiger partial charge in [0.15, 0.2) is 0 Å². The molecule has 0 heterocycles. The molecule has 1 aromatic rings. The van der Waals surface area contributed by atoms with Crippen molar-refractivity contribution in [2.75, 3.05) is 0 Å². The molecule has 0 radical (unpaired) electrons. The molecular weight excluding hydrogens is 143 g/mol. The maximum Gasteiger partial charge on any atom is 0.138 e. The molecule has 0 aromatic heterocycles. The van der Waals surface area contributed by atoms with Crippen LogP contribution in [0, 0.1) is 13.8 Å². The topological polar surface area (TPSA) is 17.1 Å². The van der Waals surface area contributed by atoms with Crippen LogP contribution in [-0.2, 0) is 4.57 Å². The molecular formula is C8H11OP. The first-order chi connectivity index (χ1) is 4.80. The monoisotopic (exact) mass is 154 g/mol. The van der Waals surface area contributed by atoms with Gasteiger partial charge in [0.25, 0.3) is 0 Å². The Labute approximate surface area is 63.7 Å². The highest BCUT2D eigenvalue weighted by Gasteiger charge is 1.83. The molecule has 0 aliphatic rings. The second kappa shape index (κ2) is 5.13. The van der Waals surface area contributed by atoms with Gasteiger partial charge in [-0.15, -0.1) is 0 Å². The maximum absolute atomic E-state index is 8.06. The highest BCUT2D eigenvalue weighted by atomic mass is 31.0. The van der Waals surface area contributed by atoms with Crippen LogP contribution in [-0.4, -0.2) is 0 Å². The fraction of sp³-hybridized carbons (Fsp3) is 0.250. The van der Waals surface area contributed by atoms with Crippen LogP contribution in [0.5, 0.6) is 0 Å². The van der Waals surface area contributed by atoms with Crippen LogP contribution < -0.4 is 0 Å². The molecule has 1 rings (SSSR count). The van der Waals surface area contributed by atoms with Gasteiger partial charge in [-0.2, -0.15) is 0 Å². The molecule has 0 spiro atoms. The minimum Gasteiger partial charge on any atom is -0.279 e. The Balaban J connectivity index is 0.000000371. The lowest BCUT2D eigenvalue weighted by Crippen LogP contribution is -1.74. The first-order valence-electron chi connectivity index (χ1n) is 3.03. The predicted molar refractivity (Wildman–Crippen MR) is 44.9 cm³/mol. The molecule has 0 bridgehead atoms. The lowest BCUT2D eigenvalue weighted by molar-refractivity contribution is 0.607. The molecule has 2 heteroatoms. The highest BCUT2D eigenvalue weighted by molar-refractivity contribution is 7.00. The van der Waals surface area contributed by atoms with Crippen LogP contribution in [0.1, 0.15) is 11.1 Å². The SMILES string of the molecule is Cc1ccccc1C.O=P. The summed E-state index contributed by atoms with van der Waals surface area (Å²) < 4.78 is 8.06. The Morgan fingerprint density at radius 1 is 1.00 bits per heavy atom. The number of rotatable bonds is 0. The van der Waals surface area contributed by atoms with Gasteiger partial charge in [0.2, 0.25) is 0 Å². The van der Waals surface area contributed by atoms with Crippen LogP contribution in [0.2, 0.25) is 0 Å². The van der Waals surface area contributed by atoms with Crippen LogP contribution >= 0.6 is 9.12 Å². The van der Waals surface area contributed by atoms with Gasteiger partial charge in [-0.05, 0) is 25.0 Å². The molecule has 0 amide bonds. The molecule has 0 unspecified atom stereocenters. The van der Waals surface area contributed by atoms with E-state index in [4.69, 9.17) is 4.57 Å². The number of aryl methyl sites for hydroxylation is 2. The average molecular weight is 154 g/mol. The van der Waals surface area contributed by atoms with E-state index in [1.807, 2.05) is 0 Å². The van der Waals surface area contributed by atoms with Crippen LogP contribution in [0.15, 0.2) is 24.3 Å². The molecule has 0 saturated heterocycles. The van der Waals surface area contributed by atoms with Crippen molar-refractivity contribution in [1.82, 2.24) is 0 Å². The number of benzene rings is 1. The fourth-order valence-electron chi connectivity index (χ4n) is 0.663. The predicted octanol–water partition coefficient (Wildman–Crippen LogP) is 2.78. The van der Waals surface area contributed by atoms with Crippen LogP contribution in [0.25, 0.3) is 0 Å². The molecule has 0 N–H and O–H groups in total. The van der Waals surface area contributed by atoms with Crippen molar-refractivity contribution in [1.29, 1.82) is 0 Å². The lowest BCUT2D eigenvalue weighted by Gasteiger charge is -1.93. The maximum atomic E-state index is 8.06. The molecule has 0 atom stereocenters. The first kappa shape index (κ1) is 9.32. The minimum atomic E-state index is 1.37. The summed E-state index contributed by atoms with van der Waals surface area (Å²) in [5.41, 5.74) is 2.74. The zero-order valence-electron chi connectivity index (χ0n) is 6.22. The summed E-state index contributed by atoms with van der Waals surface area (Å²) in [5, 5.41) is 0. The summed E-state index contributed by atoms with van der Waals surface area (Å²) >= 11 is 0. The largest absolute Gasteiger partial charge is 0.279 e. The summed E-state index contributed by atoms with van der Waals surface area (Å²) in [6.07, 6.45) is 0. The third kappa shape index (κ3) is 2.75. The second-order valence-corrected chi connectivity index (χ2v) is 2.08. The van der Waals surface area contributed by atoms with E-state index in [2.05, 4.69) is 38.1 Å². The average Bonchev–Trinajstić information content (AvgIpc) is 2.00. The summed E-state index contributed by atoms with van der Waals surface area (Å²) in [4.78, 5) is 0. The molecule has 1 nitrogen and oxygen atoms in total. The van der Waals surface area contributed by atoms with E-state index >= 15 is 0 Å². The van der Waals surface area contributed by atoms with Crippen LogP contribution in [0.4, 0.5) is 0 Å². The van der Waals surface area contributed by atoms with Crippen molar-refractivity contribution in [3.63, 3.8) is 0 Å². The van der Waals surface area contributed by atoms with Gasteiger partial charge in [0.1, 0.15) is 9.12 Å². The molecule has 10 heavy (non-hydrogen) atoms. The van der Waals surface area contributed by atoms with Crippen molar-refractivity contribution in [2.45, 2.75) is 13.8 Å². The number of hydrogen-bond acceptors (Lipinski definition) is 1. The summed E-state index contributed by atoms with van der Waals surface area (Å²) in [6, 6.07) is 8.36. The van der Waals surface area contributed by atoms with E-state index in [-0.39, 0.29) is 0 Å². The van der Waals surface area contributed by atoms with E-state index in [1.54, 1.807) is 9.12 Å². The quantitative estimate of drug-likeness (QED) is 0.525. The Morgan fingerprint density at radius 3 is 1.50 bits per heavy atom. The van der Waals surface area contributed by atoms with Crippen molar-refractivity contribution >= 4 is 9.12 Å². The Kier molecular flexibility index (Phi) is 4.78. The smallest absolute Gasteiger partial charge is 0.138 e. The van der Waals surface area contributed by atoms with E-state index in [9.17, 15) is 0 Å². The third-order valence-corrected chi connectivity index (χ3v) is 1.43. The van der Waals surface area contributed by atoms with Crippen molar-refractivity contribution in [2.24, 2.45) is 0 Å². The van der Waals surface area contributed by atoms with E-state index in [0.29, 0.717) is 0 Å². The van der Waals surface area contributed by atoms with Gasteiger partial charge in [0.05, 0.1) is 0 Å². The molecule has 0 fully saturated rings. The van der Waals surface area contributed by atoms with Crippen molar-refractivity contribution < 1.29 is 4.57 Å². The van der Waals surface area contributed by atoms with E-state index in [1.165, 1.54) is 11.1 Å². The van der Waals surface area contributed by atoms with Gasteiger partial charge in [-0.1, -0.05) is 24.3 Å². The highest BCUT2D eigenvalue weighted by Crippen LogP contribution is 2.02. The zero-order valence-corrected chi connectivity index (χ0v) is 7.22. The molecule has 0 aliphatic carbocycles. The zero-order chi connectivity index (χ0) is 7.98. The lowest BCUT2D eigenvalue weighted by atomic mass is 10.1. The van der Waals surface area contributed by atoms with Crippen molar-refractivity contribution in [3.05, 3.63) is 35.4 Å². The number of hydrogen-bond donors (Lipinski definition) is 0. The third-order valence-electron chi connectivity index (χ3n) is 1.43. The summed E-state index contributed by atoms with van der Waals surface area (Å²) in [7, 11) is 1.72. The molecule has 54 valence electrons. The standard InChI is InChI=1S/C8H10.HOP/c1-7-5-3-4-6-8(7)2;1-2/h3-6H,1-2H3;2H. The van der Waals surface area contributed by atoms with E-state index in [0.717, 1.165) is 0 Å². The van der Waals surface area contributed by atoms with Gasteiger partial charge in [0, 0.05) is 0 Å². The summed E-state index contributed by atoms with van der Waals surface area (Å²) in [5.74, 6) is 0. The van der Waals surface area contributed by atoms with E-state index < -0.39 is 0 Å². The summed E-state index contributed by atoms with van der Waals surface area (Å²) in [6.45, 7) is 4.24. The molecule has 1 aromatic carbocycles. The Morgan fingerprint density at radius 2 is 1.30 bits per heavy atom. The van der Waals surface area contributed by atoms with Gasteiger partial charge >= 0.3 is 0 Å².